The molecule has 0 aliphatic rings. The molecule has 100 valence electrons. The zero-order valence-electron chi connectivity index (χ0n) is 9.27. The summed E-state index contributed by atoms with van der Waals surface area (Å²) in [4.78, 5) is 3.40. The fraction of sp³-hybridized carbons (Fsp3) is 0. The summed E-state index contributed by atoms with van der Waals surface area (Å²) in [6.07, 6.45) is 1.10. The van der Waals surface area contributed by atoms with Crippen molar-refractivity contribution in [3.63, 3.8) is 0 Å². The van der Waals surface area contributed by atoms with E-state index in [-0.39, 0.29) is 10.6 Å². The van der Waals surface area contributed by atoms with E-state index in [1.54, 1.807) is 0 Å². The molecule has 8 heteroatoms. The molecule has 1 heterocycles. The van der Waals surface area contributed by atoms with Crippen molar-refractivity contribution in [2.75, 3.05) is 4.72 Å². The van der Waals surface area contributed by atoms with E-state index in [0.717, 1.165) is 12.3 Å². The van der Waals surface area contributed by atoms with E-state index < -0.39 is 16.0 Å². The number of hydrogen-bond acceptors (Lipinski definition) is 3. The van der Waals surface area contributed by atoms with Crippen LogP contribution >= 0.6 is 27.5 Å². The van der Waals surface area contributed by atoms with Gasteiger partial charge >= 0.3 is 0 Å². The fourth-order valence-corrected chi connectivity index (χ4v) is 3.01. The Morgan fingerprint density at radius 1 is 1.26 bits per heavy atom. The standard InChI is InChI=1S/C11H7BrClFN2O2S/c12-9-5-8(2-3-10(9)13)19(17,18)16-7-1-4-11(14)15-6-7/h1-6,16H. The minimum absolute atomic E-state index is 0.0353. The van der Waals surface area contributed by atoms with Crippen LogP contribution in [0.1, 0.15) is 0 Å². The monoisotopic (exact) mass is 364 g/mol. The second-order valence-corrected chi connectivity index (χ2v) is 6.49. The third-order valence-corrected chi connectivity index (χ3v) is 4.77. The maximum Gasteiger partial charge on any atom is 0.261 e. The van der Waals surface area contributed by atoms with Crippen LogP contribution in [-0.4, -0.2) is 13.4 Å². The second kappa shape index (κ2) is 5.44. The summed E-state index contributed by atoms with van der Waals surface area (Å²) < 4.78 is 39.5. The van der Waals surface area contributed by atoms with Crippen LogP contribution in [0.5, 0.6) is 0 Å². The molecule has 0 spiro atoms. The molecule has 1 N–H and O–H groups in total. The molecule has 0 unspecified atom stereocenters. The van der Waals surface area contributed by atoms with E-state index in [9.17, 15) is 12.8 Å². The van der Waals surface area contributed by atoms with E-state index in [1.807, 2.05) is 0 Å². The van der Waals surface area contributed by atoms with E-state index >= 15 is 0 Å². The van der Waals surface area contributed by atoms with Crippen LogP contribution in [0.2, 0.25) is 5.02 Å². The molecule has 0 bridgehead atoms. The molecular formula is C11H7BrClFN2O2S. The SMILES string of the molecule is O=S(=O)(Nc1ccc(F)nc1)c1ccc(Cl)c(Br)c1. The molecular weight excluding hydrogens is 359 g/mol. The van der Waals surface area contributed by atoms with Gasteiger partial charge in [-0.25, -0.2) is 13.4 Å². The van der Waals surface area contributed by atoms with Crippen LogP contribution in [0.25, 0.3) is 0 Å². The van der Waals surface area contributed by atoms with Crippen LogP contribution < -0.4 is 4.72 Å². The summed E-state index contributed by atoms with van der Waals surface area (Å²) in [5.74, 6) is -0.683. The van der Waals surface area contributed by atoms with Crippen LogP contribution in [-0.2, 0) is 10.0 Å². The number of nitrogens with one attached hydrogen (secondary N) is 1. The first-order valence-electron chi connectivity index (χ1n) is 4.98. The van der Waals surface area contributed by atoms with E-state index in [1.165, 1.54) is 24.3 Å². The van der Waals surface area contributed by atoms with E-state index in [4.69, 9.17) is 11.6 Å². The zero-order valence-corrected chi connectivity index (χ0v) is 12.4. The van der Waals surface area contributed by atoms with Crippen molar-refractivity contribution in [3.8, 4) is 0 Å². The van der Waals surface area contributed by atoms with E-state index in [2.05, 4.69) is 25.6 Å². The normalized spacial score (nSPS) is 11.3. The van der Waals surface area contributed by atoms with Gasteiger partial charge in [0, 0.05) is 4.47 Å². The number of aromatic nitrogens is 1. The van der Waals surface area contributed by atoms with Gasteiger partial charge in [0.15, 0.2) is 0 Å². The number of rotatable bonds is 3. The number of benzene rings is 1. The molecule has 1 aromatic carbocycles. The van der Waals surface area contributed by atoms with Crippen LogP contribution in [0.4, 0.5) is 10.1 Å². The summed E-state index contributed by atoms with van der Waals surface area (Å²) >= 11 is 8.94. The molecule has 0 fully saturated rings. The van der Waals surface area contributed by atoms with Crippen molar-refractivity contribution >= 4 is 43.2 Å². The van der Waals surface area contributed by atoms with Gasteiger partial charge in [-0.1, -0.05) is 11.6 Å². The molecule has 0 amide bonds. The Morgan fingerprint density at radius 2 is 2.00 bits per heavy atom. The van der Waals surface area contributed by atoms with Gasteiger partial charge in [0.05, 0.1) is 21.8 Å². The lowest BCUT2D eigenvalue weighted by atomic mass is 10.4. The fourth-order valence-electron chi connectivity index (χ4n) is 1.29. The van der Waals surface area contributed by atoms with Gasteiger partial charge in [-0.2, -0.15) is 4.39 Å². The smallest absolute Gasteiger partial charge is 0.261 e. The Bertz CT molecular complexity index is 707. The first-order valence-corrected chi connectivity index (χ1v) is 7.63. The van der Waals surface area contributed by atoms with Crippen molar-refractivity contribution in [2.45, 2.75) is 4.90 Å². The van der Waals surface area contributed by atoms with Gasteiger partial charge in [0.1, 0.15) is 0 Å². The first-order chi connectivity index (χ1) is 8.88. The van der Waals surface area contributed by atoms with Crippen molar-refractivity contribution < 1.29 is 12.8 Å². The Balaban J connectivity index is 2.32. The predicted octanol–water partition coefficient (Wildman–Crippen LogP) is 3.44. The average Bonchev–Trinajstić information content (AvgIpc) is 2.35. The van der Waals surface area contributed by atoms with Crippen molar-refractivity contribution in [1.29, 1.82) is 0 Å². The van der Waals surface area contributed by atoms with Gasteiger partial charge in [0.25, 0.3) is 10.0 Å². The van der Waals surface area contributed by atoms with Crippen molar-refractivity contribution in [3.05, 3.63) is 52.0 Å². The third-order valence-electron chi connectivity index (χ3n) is 2.18. The Hall–Kier alpha value is -1.18. The lowest BCUT2D eigenvalue weighted by molar-refractivity contribution is 0.583. The number of sulfonamides is 1. The van der Waals surface area contributed by atoms with Gasteiger partial charge in [-0.05, 0) is 46.3 Å². The summed E-state index contributed by atoms with van der Waals surface area (Å²) in [6, 6.07) is 6.55. The summed E-state index contributed by atoms with van der Waals surface area (Å²) in [5, 5.41) is 0.405. The van der Waals surface area contributed by atoms with Crippen molar-refractivity contribution in [2.24, 2.45) is 0 Å². The summed E-state index contributed by atoms with van der Waals surface area (Å²) in [5.41, 5.74) is 0.174. The highest BCUT2D eigenvalue weighted by molar-refractivity contribution is 9.10. The lowest BCUT2D eigenvalue weighted by Gasteiger charge is -2.08. The van der Waals surface area contributed by atoms with Gasteiger partial charge in [-0.3, -0.25) is 4.72 Å². The molecule has 19 heavy (non-hydrogen) atoms. The second-order valence-electron chi connectivity index (χ2n) is 3.55. The molecule has 4 nitrogen and oxygen atoms in total. The van der Waals surface area contributed by atoms with Crippen molar-refractivity contribution in [1.82, 2.24) is 4.98 Å². The van der Waals surface area contributed by atoms with Crippen LogP contribution in [0, 0.1) is 5.95 Å². The summed E-state index contributed by atoms with van der Waals surface area (Å²) in [7, 11) is -3.77. The van der Waals surface area contributed by atoms with Gasteiger partial charge in [-0.15, -0.1) is 0 Å². The molecule has 0 aliphatic carbocycles. The molecule has 2 rings (SSSR count). The number of halogens is 3. The Morgan fingerprint density at radius 3 is 2.58 bits per heavy atom. The maximum atomic E-state index is 12.6. The maximum absolute atomic E-state index is 12.6. The molecule has 0 radical (unpaired) electrons. The largest absolute Gasteiger partial charge is 0.278 e. The Kier molecular flexibility index (Phi) is 4.07. The third kappa shape index (κ3) is 3.43. The number of nitrogens with zero attached hydrogens (tertiary/aromatic N) is 1. The minimum atomic E-state index is -3.77. The average molecular weight is 366 g/mol. The quantitative estimate of drug-likeness (QED) is 0.848. The highest BCUT2D eigenvalue weighted by Crippen LogP contribution is 2.26. The molecule has 0 saturated carbocycles. The van der Waals surface area contributed by atoms with Crippen LogP contribution in [0.3, 0.4) is 0 Å². The molecule has 0 atom stereocenters. The Labute approximate surface area is 122 Å². The predicted molar refractivity (Wildman–Crippen MR) is 74.2 cm³/mol. The summed E-state index contributed by atoms with van der Waals surface area (Å²) in [6.45, 7) is 0. The van der Waals surface area contributed by atoms with Crippen LogP contribution in [0.15, 0.2) is 45.9 Å². The minimum Gasteiger partial charge on any atom is -0.278 e. The first kappa shape index (κ1) is 14.2. The number of pyridine rings is 1. The van der Waals surface area contributed by atoms with Gasteiger partial charge < -0.3 is 0 Å². The molecule has 1 aromatic heterocycles. The lowest BCUT2D eigenvalue weighted by Crippen LogP contribution is -2.13. The topological polar surface area (TPSA) is 59.1 Å². The zero-order chi connectivity index (χ0) is 14.0. The molecule has 0 aliphatic heterocycles. The van der Waals surface area contributed by atoms with E-state index in [0.29, 0.717) is 9.50 Å². The number of anilines is 1. The highest BCUT2D eigenvalue weighted by atomic mass is 79.9. The molecule has 0 saturated heterocycles. The van der Waals surface area contributed by atoms with Gasteiger partial charge in [0.2, 0.25) is 5.95 Å². The number of hydrogen-bond donors (Lipinski definition) is 1. The molecule has 2 aromatic rings. The highest BCUT2D eigenvalue weighted by Gasteiger charge is 2.15.